The van der Waals surface area contributed by atoms with Crippen molar-refractivity contribution >= 4 is 52.5 Å². The number of nitrogens with one attached hydrogen (secondary N) is 1. The van der Waals surface area contributed by atoms with Gasteiger partial charge in [-0.3, -0.25) is 9.59 Å². The van der Waals surface area contributed by atoms with Crippen LogP contribution in [0.15, 0.2) is 41.3 Å². The first-order valence-electron chi connectivity index (χ1n) is 6.99. The molecule has 0 aliphatic carbocycles. The van der Waals surface area contributed by atoms with E-state index in [2.05, 4.69) is 5.32 Å². The first-order chi connectivity index (χ1) is 11.3. The fourth-order valence-electron chi connectivity index (χ4n) is 2.01. The molecule has 7 heteroatoms. The number of nitrogens with zero attached hydrogens (tertiary/aromatic N) is 1. The summed E-state index contributed by atoms with van der Waals surface area (Å²) in [6.07, 6.45) is 1.92. The number of carbonyl (C=O) groups excluding carboxylic acids is 2. The summed E-state index contributed by atoms with van der Waals surface area (Å²) in [6.45, 7) is 0. The summed E-state index contributed by atoms with van der Waals surface area (Å²) in [5.74, 6) is -0.583. The summed E-state index contributed by atoms with van der Waals surface area (Å²) < 4.78 is 0. The highest BCUT2D eigenvalue weighted by Gasteiger charge is 2.16. The van der Waals surface area contributed by atoms with Gasteiger partial charge in [0.25, 0.3) is 11.8 Å². The van der Waals surface area contributed by atoms with Crippen LogP contribution in [0, 0.1) is 0 Å². The fraction of sp³-hybridized carbons (Fsp3) is 0.176. The van der Waals surface area contributed by atoms with E-state index in [1.54, 1.807) is 44.4 Å². The van der Waals surface area contributed by atoms with Gasteiger partial charge < -0.3 is 10.2 Å². The quantitative estimate of drug-likeness (QED) is 0.781. The van der Waals surface area contributed by atoms with Crippen molar-refractivity contribution in [2.24, 2.45) is 0 Å². The van der Waals surface area contributed by atoms with Crippen molar-refractivity contribution < 1.29 is 9.59 Å². The molecule has 0 aliphatic rings. The third-order valence-corrected chi connectivity index (χ3v) is 4.66. The fourth-order valence-corrected chi connectivity index (χ4v) is 2.85. The molecule has 126 valence electrons. The number of hydrogen-bond acceptors (Lipinski definition) is 3. The predicted octanol–water partition coefficient (Wildman–Crippen LogP) is 4.67. The van der Waals surface area contributed by atoms with Gasteiger partial charge in [-0.15, -0.1) is 11.8 Å². The van der Waals surface area contributed by atoms with Crippen molar-refractivity contribution in [1.29, 1.82) is 0 Å². The van der Waals surface area contributed by atoms with E-state index >= 15 is 0 Å². The largest absolute Gasteiger partial charge is 0.345 e. The van der Waals surface area contributed by atoms with Gasteiger partial charge in [-0.05, 0) is 42.7 Å². The molecule has 0 saturated carbocycles. The second kappa shape index (κ2) is 7.92. The molecule has 0 atom stereocenters. The third kappa shape index (κ3) is 4.23. The molecular weight excluding hydrogens is 367 g/mol. The second-order valence-electron chi connectivity index (χ2n) is 5.19. The maximum atomic E-state index is 12.5. The minimum absolute atomic E-state index is 0.237. The second-order valence-corrected chi connectivity index (χ2v) is 6.89. The van der Waals surface area contributed by atoms with Crippen LogP contribution < -0.4 is 5.32 Å². The minimum Gasteiger partial charge on any atom is -0.345 e. The van der Waals surface area contributed by atoms with E-state index in [1.807, 2.05) is 12.3 Å². The van der Waals surface area contributed by atoms with Crippen LogP contribution in [0.2, 0.25) is 10.0 Å². The Morgan fingerprint density at radius 3 is 2.25 bits per heavy atom. The Balaban J connectivity index is 2.30. The van der Waals surface area contributed by atoms with Gasteiger partial charge in [0, 0.05) is 24.7 Å². The number of halogens is 2. The third-order valence-electron chi connectivity index (χ3n) is 3.28. The van der Waals surface area contributed by atoms with Crippen molar-refractivity contribution in [1.82, 2.24) is 4.90 Å². The highest BCUT2D eigenvalue weighted by atomic mass is 35.5. The molecule has 0 fully saturated rings. The van der Waals surface area contributed by atoms with Crippen LogP contribution in [0.3, 0.4) is 0 Å². The Hall–Kier alpha value is -1.69. The van der Waals surface area contributed by atoms with Gasteiger partial charge in [0.15, 0.2) is 0 Å². The Labute approximate surface area is 155 Å². The molecule has 0 bridgehead atoms. The molecule has 2 aromatic carbocycles. The summed E-state index contributed by atoms with van der Waals surface area (Å²) >= 11 is 13.7. The molecule has 0 saturated heterocycles. The molecule has 0 spiro atoms. The highest BCUT2D eigenvalue weighted by molar-refractivity contribution is 7.98. The Kier molecular flexibility index (Phi) is 6.15. The lowest BCUT2D eigenvalue weighted by Gasteiger charge is -2.13. The lowest BCUT2D eigenvalue weighted by Crippen LogP contribution is -2.22. The molecule has 0 heterocycles. The molecule has 1 N–H and O–H groups in total. The lowest BCUT2D eigenvalue weighted by molar-refractivity contribution is 0.0827. The minimum atomic E-state index is -0.346. The van der Waals surface area contributed by atoms with Crippen molar-refractivity contribution in [3.05, 3.63) is 57.6 Å². The van der Waals surface area contributed by atoms with Gasteiger partial charge in [-0.1, -0.05) is 23.2 Å². The number of carbonyl (C=O) groups is 2. The van der Waals surface area contributed by atoms with Gasteiger partial charge in [0.2, 0.25) is 0 Å². The molecule has 2 amide bonds. The van der Waals surface area contributed by atoms with Crippen LogP contribution in [-0.2, 0) is 0 Å². The normalized spacial score (nSPS) is 10.4. The molecule has 0 unspecified atom stereocenters. The number of amides is 2. The molecule has 2 rings (SSSR count). The van der Waals surface area contributed by atoms with Gasteiger partial charge in [-0.2, -0.15) is 0 Å². The SMILES string of the molecule is CSc1ccc(Cl)c(C(=O)Nc2ccc(Cl)c(C(=O)N(C)C)c2)c1. The number of benzene rings is 2. The average Bonchev–Trinajstić information content (AvgIpc) is 2.56. The van der Waals surface area contributed by atoms with Crippen molar-refractivity contribution in [2.45, 2.75) is 4.90 Å². The van der Waals surface area contributed by atoms with Crippen LogP contribution in [0.1, 0.15) is 20.7 Å². The maximum Gasteiger partial charge on any atom is 0.257 e. The van der Waals surface area contributed by atoms with Crippen LogP contribution in [0.4, 0.5) is 5.69 Å². The molecule has 0 aliphatic heterocycles. The maximum absolute atomic E-state index is 12.5. The first-order valence-corrected chi connectivity index (χ1v) is 8.97. The van der Waals surface area contributed by atoms with Gasteiger partial charge in [0.1, 0.15) is 0 Å². The van der Waals surface area contributed by atoms with Gasteiger partial charge >= 0.3 is 0 Å². The van der Waals surface area contributed by atoms with E-state index in [9.17, 15) is 9.59 Å². The number of anilines is 1. The number of thioether (sulfide) groups is 1. The highest BCUT2D eigenvalue weighted by Crippen LogP contribution is 2.25. The van der Waals surface area contributed by atoms with E-state index in [0.717, 1.165) is 4.90 Å². The molecule has 4 nitrogen and oxygen atoms in total. The standard InChI is InChI=1S/C17H16Cl2N2O2S/c1-21(2)17(23)13-8-10(4-6-15(13)19)20-16(22)12-9-11(24-3)5-7-14(12)18/h4-9H,1-3H3,(H,20,22). The zero-order chi connectivity index (χ0) is 17.9. The monoisotopic (exact) mass is 382 g/mol. The van der Waals surface area contributed by atoms with Crippen molar-refractivity contribution in [3.63, 3.8) is 0 Å². The summed E-state index contributed by atoms with van der Waals surface area (Å²) in [6, 6.07) is 10.0. The van der Waals surface area contributed by atoms with E-state index in [-0.39, 0.29) is 11.8 Å². The van der Waals surface area contributed by atoms with Gasteiger partial charge in [-0.25, -0.2) is 0 Å². The molecular formula is C17H16Cl2N2O2S. The summed E-state index contributed by atoms with van der Waals surface area (Å²) in [4.78, 5) is 26.9. The van der Waals surface area contributed by atoms with Crippen LogP contribution in [0.5, 0.6) is 0 Å². The Morgan fingerprint density at radius 2 is 1.62 bits per heavy atom. The Morgan fingerprint density at radius 1 is 1.00 bits per heavy atom. The first kappa shape index (κ1) is 18.6. The van der Waals surface area contributed by atoms with E-state index in [1.165, 1.54) is 16.7 Å². The van der Waals surface area contributed by atoms with Crippen molar-refractivity contribution in [3.8, 4) is 0 Å². The van der Waals surface area contributed by atoms with Crippen molar-refractivity contribution in [2.75, 3.05) is 25.7 Å². The van der Waals surface area contributed by atoms with Crippen LogP contribution in [0.25, 0.3) is 0 Å². The number of rotatable bonds is 4. The van der Waals surface area contributed by atoms with Crippen LogP contribution in [-0.4, -0.2) is 37.1 Å². The molecule has 0 aromatic heterocycles. The molecule has 0 radical (unpaired) electrons. The molecule has 2 aromatic rings. The predicted molar refractivity (Wildman–Crippen MR) is 101 cm³/mol. The lowest BCUT2D eigenvalue weighted by atomic mass is 10.1. The summed E-state index contributed by atoms with van der Waals surface area (Å²) in [5, 5.41) is 3.44. The molecule has 24 heavy (non-hydrogen) atoms. The topological polar surface area (TPSA) is 49.4 Å². The van der Waals surface area contributed by atoms with Gasteiger partial charge in [0.05, 0.1) is 21.2 Å². The summed E-state index contributed by atoms with van der Waals surface area (Å²) in [7, 11) is 3.27. The number of hydrogen-bond donors (Lipinski definition) is 1. The van der Waals surface area contributed by atoms with E-state index in [0.29, 0.717) is 26.9 Å². The smallest absolute Gasteiger partial charge is 0.257 e. The van der Waals surface area contributed by atoms with E-state index in [4.69, 9.17) is 23.2 Å². The summed E-state index contributed by atoms with van der Waals surface area (Å²) in [5.41, 5.74) is 1.17. The van der Waals surface area contributed by atoms with Crippen LogP contribution >= 0.6 is 35.0 Å². The zero-order valence-corrected chi connectivity index (χ0v) is 15.7. The average molecular weight is 383 g/mol. The Bertz CT molecular complexity index is 794. The zero-order valence-electron chi connectivity index (χ0n) is 13.4. The van der Waals surface area contributed by atoms with E-state index < -0.39 is 0 Å².